The number of nitrogens with one attached hydrogen (secondary N) is 1. The molecule has 2 atom stereocenters. The first-order valence-corrected chi connectivity index (χ1v) is 7.85. The van der Waals surface area contributed by atoms with Gasteiger partial charge in [0.1, 0.15) is 6.10 Å². The predicted octanol–water partition coefficient (Wildman–Crippen LogP) is 1.63. The monoisotopic (exact) mass is 305 g/mol. The van der Waals surface area contributed by atoms with Gasteiger partial charge in [-0.15, -0.1) is 0 Å². The maximum absolute atomic E-state index is 9.34. The number of hydrogen-bond acceptors (Lipinski definition) is 5. The molecule has 2 heterocycles. The topological polar surface area (TPSA) is 68.5 Å². The Balaban J connectivity index is 1.86. The van der Waals surface area contributed by atoms with Gasteiger partial charge in [0.15, 0.2) is 0 Å². The van der Waals surface area contributed by atoms with E-state index >= 15 is 0 Å². The van der Waals surface area contributed by atoms with Crippen molar-refractivity contribution in [1.29, 1.82) is 0 Å². The Hall–Kier alpha value is -1.63. The van der Waals surface area contributed by atoms with Crippen molar-refractivity contribution in [1.82, 2.24) is 9.55 Å². The Morgan fingerprint density at radius 3 is 3.14 bits per heavy atom. The molecule has 1 aromatic carbocycles. The molecule has 0 amide bonds. The molecule has 1 saturated heterocycles. The average Bonchev–Trinajstić information content (AvgIpc) is 2.88. The zero-order chi connectivity index (χ0) is 15.4. The summed E-state index contributed by atoms with van der Waals surface area (Å²) in [6.07, 6.45) is 0.911. The van der Waals surface area contributed by atoms with Crippen molar-refractivity contribution in [3.05, 3.63) is 24.3 Å². The van der Waals surface area contributed by atoms with Gasteiger partial charge in [-0.3, -0.25) is 0 Å². The van der Waals surface area contributed by atoms with Crippen molar-refractivity contribution in [2.75, 3.05) is 31.7 Å². The van der Waals surface area contributed by atoms with E-state index in [1.54, 1.807) is 0 Å². The third kappa shape index (κ3) is 3.09. The first kappa shape index (κ1) is 15.3. The second-order valence-electron chi connectivity index (χ2n) is 5.41. The number of aliphatic hydroxyl groups excluding tert-OH is 1. The summed E-state index contributed by atoms with van der Waals surface area (Å²) in [5.41, 5.74) is 1.96. The number of fused-ring (bicyclic) bond motifs is 1. The second kappa shape index (κ2) is 7.09. The lowest BCUT2D eigenvalue weighted by atomic mass is 10.1. The fourth-order valence-electron chi connectivity index (χ4n) is 2.93. The molecule has 1 aliphatic heterocycles. The summed E-state index contributed by atoms with van der Waals surface area (Å²) < 4.78 is 13.3. The summed E-state index contributed by atoms with van der Waals surface area (Å²) in [5, 5.41) is 12.8. The fraction of sp³-hybridized carbons (Fsp3) is 0.562. The van der Waals surface area contributed by atoms with Crippen LogP contribution in [-0.2, 0) is 16.0 Å². The quantitative estimate of drug-likeness (QED) is 0.849. The minimum absolute atomic E-state index is 0.0288. The van der Waals surface area contributed by atoms with E-state index in [0.717, 1.165) is 30.0 Å². The van der Waals surface area contributed by atoms with E-state index in [2.05, 4.69) is 10.3 Å². The number of para-hydroxylation sites is 2. The van der Waals surface area contributed by atoms with Crippen molar-refractivity contribution in [3.8, 4) is 0 Å². The molecule has 1 fully saturated rings. The number of hydrogen-bond donors (Lipinski definition) is 2. The van der Waals surface area contributed by atoms with Crippen molar-refractivity contribution in [3.63, 3.8) is 0 Å². The maximum atomic E-state index is 9.34. The molecule has 0 saturated carbocycles. The van der Waals surface area contributed by atoms with Crippen LogP contribution in [0.4, 0.5) is 5.95 Å². The van der Waals surface area contributed by atoms with Gasteiger partial charge in [0, 0.05) is 19.8 Å². The van der Waals surface area contributed by atoms with E-state index in [1.807, 2.05) is 35.8 Å². The molecule has 1 aliphatic rings. The van der Waals surface area contributed by atoms with E-state index in [4.69, 9.17) is 9.47 Å². The lowest BCUT2D eigenvalue weighted by Crippen LogP contribution is -2.44. The highest BCUT2D eigenvalue weighted by Gasteiger charge is 2.27. The standard InChI is InChI=1S/C16H23N3O3/c1-2-22-15-11-21-10-7-13(15)18-16-17-12-5-3-4-6-14(12)19(16)8-9-20/h3-6,13,15,20H,2,7-11H2,1H3,(H,17,18)/t13-,15-/m1/s1. The molecule has 0 bridgehead atoms. The molecular weight excluding hydrogens is 282 g/mol. The molecule has 0 aliphatic carbocycles. The van der Waals surface area contributed by atoms with Gasteiger partial charge >= 0.3 is 0 Å². The maximum Gasteiger partial charge on any atom is 0.204 e. The summed E-state index contributed by atoms with van der Waals surface area (Å²) in [4.78, 5) is 4.66. The molecule has 3 rings (SSSR count). The van der Waals surface area contributed by atoms with Gasteiger partial charge in [-0.25, -0.2) is 4.98 Å². The zero-order valence-corrected chi connectivity index (χ0v) is 12.9. The first-order chi connectivity index (χ1) is 10.8. The molecule has 6 heteroatoms. The van der Waals surface area contributed by atoms with Crippen LogP contribution in [-0.4, -0.2) is 53.2 Å². The van der Waals surface area contributed by atoms with E-state index in [-0.39, 0.29) is 18.8 Å². The molecule has 1 aromatic heterocycles. The molecule has 0 unspecified atom stereocenters. The number of aromatic nitrogens is 2. The number of aliphatic hydroxyl groups is 1. The van der Waals surface area contributed by atoms with E-state index in [1.165, 1.54) is 0 Å². The van der Waals surface area contributed by atoms with Crippen LogP contribution in [0.5, 0.6) is 0 Å². The zero-order valence-electron chi connectivity index (χ0n) is 12.9. The summed E-state index contributed by atoms with van der Waals surface area (Å²) in [5.74, 6) is 0.784. The third-order valence-corrected chi connectivity index (χ3v) is 3.98. The van der Waals surface area contributed by atoms with Crippen LogP contribution in [0.3, 0.4) is 0 Å². The minimum Gasteiger partial charge on any atom is -0.395 e. The number of ether oxygens (including phenoxy) is 2. The second-order valence-corrected chi connectivity index (χ2v) is 5.41. The van der Waals surface area contributed by atoms with Crippen molar-refractivity contribution in [2.24, 2.45) is 0 Å². The van der Waals surface area contributed by atoms with Gasteiger partial charge in [-0.1, -0.05) is 12.1 Å². The summed E-state index contributed by atoms with van der Waals surface area (Å²) in [7, 11) is 0. The lowest BCUT2D eigenvalue weighted by molar-refractivity contribution is -0.0530. The Kier molecular flexibility index (Phi) is 4.92. The van der Waals surface area contributed by atoms with Crippen LogP contribution in [0.25, 0.3) is 11.0 Å². The van der Waals surface area contributed by atoms with Gasteiger partial charge in [0.2, 0.25) is 5.95 Å². The minimum atomic E-state index is 0.0288. The Bertz CT molecular complexity index is 612. The number of rotatable bonds is 6. The van der Waals surface area contributed by atoms with Crippen LogP contribution in [0.15, 0.2) is 24.3 Å². The van der Waals surface area contributed by atoms with Crippen LogP contribution >= 0.6 is 0 Å². The fourth-order valence-corrected chi connectivity index (χ4v) is 2.93. The Morgan fingerprint density at radius 1 is 1.45 bits per heavy atom. The molecule has 2 aromatic rings. The van der Waals surface area contributed by atoms with Crippen LogP contribution < -0.4 is 5.32 Å². The summed E-state index contributed by atoms with van der Waals surface area (Å²) >= 11 is 0. The van der Waals surface area contributed by atoms with Crippen LogP contribution in [0.2, 0.25) is 0 Å². The lowest BCUT2D eigenvalue weighted by Gasteiger charge is -2.32. The van der Waals surface area contributed by atoms with E-state index < -0.39 is 0 Å². The molecule has 2 N–H and O–H groups in total. The Labute approximate surface area is 130 Å². The molecule has 6 nitrogen and oxygen atoms in total. The van der Waals surface area contributed by atoms with Gasteiger partial charge in [0.05, 0.1) is 30.3 Å². The number of imidazole rings is 1. The highest BCUT2D eigenvalue weighted by molar-refractivity contribution is 5.78. The largest absolute Gasteiger partial charge is 0.395 e. The SMILES string of the molecule is CCO[C@@H]1COCC[C@H]1Nc1nc2ccccc2n1CCO. The molecule has 0 radical (unpaired) electrons. The van der Waals surface area contributed by atoms with Crippen molar-refractivity contribution >= 4 is 17.0 Å². The highest BCUT2D eigenvalue weighted by atomic mass is 16.5. The van der Waals surface area contributed by atoms with Crippen molar-refractivity contribution in [2.45, 2.75) is 32.0 Å². The van der Waals surface area contributed by atoms with Crippen LogP contribution in [0.1, 0.15) is 13.3 Å². The van der Waals surface area contributed by atoms with Gasteiger partial charge in [-0.05, 0) is 25.5 Å². The predicted molar refractivity (Wildman–Crippen MR) is 85.1 cm³/mol. The van der Waals surface area contributed by atoms with Gasteiger partial charge < -0.3 is 24.5 Å². The summed E-state index contributed by atoms with van der Waals surface area (Å²) in [6.45, 7) is 4.59. The average molecular weight is 305 g/mol. The number of anilines is 1. The van der Waals surface area contributed by atoms with Crippen molar-refractivity contribution < 1.29 is 14.6 Å². The number of nitrogens with zero attached hydrogens (tertiary/aromatic N) is 2. The van der Waals surface area contributed by atoms with E-state index in [9.17, 15) is 5.11 Å². The molecular formula is C16H23N3O3. The normalized spacial score (nSPS) is 22.1. The third-order valence-electron chi connectivity index (χ3n) is 3.98. The first-order valence-electron chi connectivity index (χ1n) is 7.85. The van der Waals surface area contributed by atoms with Gasteiger partial charge in [-0.2, -0.15) is 0 Å². The molecule has 22 heavy (non-hydrogen) atoms. The molecule has 120 valence electrons. The molecule has 0 spiro atoms. The Morgan fingerprint density at radius 2 is 2.32 bits per heavy atom. The van der Waals surface area contributed by atoms with E-state index in [0.29, 0.717) is 19.8 Å². The summed E-state index contributed by atoms with van der Waals surface area (Å²) in [6, 6.07) is 8.13. The number of benzene rings is 1. The highest BCUT2D eigenvalue weighted by Crippen LogP contribution is 2.22. The smallest absolute Gasteiger partial charge is 0.204 e. The van der Waals surface area contributed by atoms with Crippen LogP contribution in [0, 0.1) is 0 Å². The van der Waals surface area contributed by atoms with Gasteiger partial charge in [0.25, 0.3) is 0 Å².